The van der Waals surface area contributed by atoms with E-state index >= 15 is 0 Å². The number of nitrogens with zero attached hydrogens (tertiary/aromatic N) is 3. The molecule has 0 atom stereocenters. The summed E-state index contributed by atoms with van der Waals surface area (Å²) in [5.74, 6) is -0.353. The molecule has 3 aromatic rings. The Balaban J connectivity index is 1.52. The Morgan fingerprint density at radius 2 is 1.83 bits per heavy atom. The number of anilines is 1. The van der Waals surface area contributed by atoms with Crippen molar-refractivity contribution >= 4 is 42.7 Å². The van der Waals surface area contributed by atoms with Crippen molar-refractivity contribution in [2.75, 3.05) is 31.6 Å². The molecule has 0 unspecified atom stereocenters. The van der Waals surface area contributed by atoms with Gasteiger partial charge in [0.05, 0.1) is 22.8 Å². The monoisotopic (exact) mass is 432 g/mol. The number of carbonyl (C=O) groups is 1. The van der Waals surface area contributed by atoms with Crippen LogP contribution in [0.15, 0.2) is 35.2 Å². The van der Waals surface area contributed by atoms with Crippen LogP contribution in [0.4, 0.5) is 5.13 Å². The number of hydrogen-bond acceptors (Lipinski definition) is 7. The molecule has 2 aromatic heterocycles. The lowest BCUT2D eigenvalue weighted by atomic mass is 10.2. The van der Waals surface area contributed by atoms with Crippen LogP contribution < -0.4 is 5.32 Å². The lowest BCUT2D eigenvalue weighted by Gasteiger charge is -2.26. The van der Waals surface area contributed by atoms with Gasteiger partial charge in [-0.2, -0.15) is 9.29 Å². The Hall–Kier alpha value is -2.40. The number of hydrogen-bond donors (Lipinski definition) is 1. The van der Waals surface area contributed by atoms with Crippen molar-refractivity contribution in [1.29, 1.82) is 0 Å². The summed E-state index contributed by atoms with van der Waals surface area (Å²) < 4.78 is 32.9. The lowest BCUT2D eigenvalue weighted by molar-refractivity contribution is 0.0730. The third-order valence-corrected chi connectivity index (χ3v) is 7.63. The number of aromatic nitrogens is 2. The number of sulfonamides is 1. The minimum atomic E-state index is -3.59. The molecule has 8 nitrogen and oxygen atoms in total. The van der Waals surface area contributed by atoms with E-state index in [9.17, 15) is 13.2 Å². The summed E-state index contributed by atoms with van der Waals surface area (Å²) in [5.41, 5.74) is 2.89. The molecule has 152 valence electrons. The first-order valence-corrected chi connectivity index (χ1v) is 11.3. The van der Waals surface area contributed by atoms with Crippen LogP contribution in [-0.2, 0) is 14.8 Å². The van der Waals surface area contributed by atoms with Crippen LogP contribution in [-0.4, -0.2) is 54.9 Å². The summed E-state index contributed by atoms with van der Waals surface area (Å²) in [7, 11) is -3.59. The third-order valence-electron chi connectivity index (χ3n) is 4.62. The van der Waals surface area contributed by atoms with Crippen LogP contribution >= 0.6 is 11.3 Å². The van der Waals surface area contributed by atoms with Crippen molar-refractivity contribution in [2.45, 2.75) is 18.7 Å². The quantitative estimate of drug-likeness (QED) is 0.680. The number of morpholine rings is 1. The number of thiazole rings is 1. The van der Waals surface area contributed by atoms with Crippen LogP contribution in [0.1, 0.15) is 21.6 Å². The molecule has 10 heteroatoms. The largest absolute Gasteiger partial charge is 0.379 e. The van der Waals surface area contributed by atoms with Crippen molar-refractivity contribution in [1.82, 2.24) is 14.3 Å². The van der Waals surface area contributed by atoms with Gasteiger partial charge in [-0.25, -0.2) is 13.4 Å². The molecule has 1 fully saturated rings. The van der Waals surface area contributed by atoms with E-state index in [1.807, 2.05) is 19.9 Å². The molecule has 0 aliphatic carbocycles. The number of rotatable bonds is 4. The van der Waals surface area contributed by atoms with Gasteiger partial charge in [-0.15, -0.1) is 0 Å². The Kier molecular flexibility index (Phi) is 5.34. The normalized spacial score (nSPS) is 15.5. The number of nitrogens with one attached hydrogen (secondary N) is 1. The molecular formula is C19H20N4O4S2. The predicted octanol–water partition coefficient (Wildman–Crippen LogP) is 2.58. The van der Waals surface area contributed by atoms with Gasteiger partial charge < -0.3 is 4.74 Å². The molecule has 1 aliphatic heterocycles. The first-order chi connectivity index (χ1) is 13.8. The number of benzene rings is 1. The second-order valence-corrected chi connectivity index (χ2v) is 9.68. The molecule has 4 rings (SSSR count). The van der Waals surface area contributed by atoms with Gasteiger partial charge in [-0.05, 0) is 49.7 Å². The Morgan fingerprint density at radius 1 is 1.14 bits per heavy atom. The maximum atomic E-state index is 12.7. The number of carbonyl (C=O) groups excluding carboxylic acids is 1. The topological polar surface area (TPSA) is 101 Å². The molecule has 1 amide bonds. The highest BCUT2D eigenvalue weighted by Gasteiger charge is 2.26. The molecule has 0 saturated carbocycles. The van der Waals surface area contributed by atoms with Crippen molar-refractivity contribution in [2.24, 2.45) is 0 Å². The highest BCUT2D eigenvalue weighted by atomic mass is 32.2. The fraction of sp³-hybridized carbons (Fsp3) is 0.316. The minimum Gasteiger partial charge on any atom is -0.379 e. The fourth-order valence-electron chi connectivity index (χ4n) is 3.16. The van der Waals surface area contributed by atoms with Crippen LogP contribution in [0.5, 0.6) is 0 Å². The number of aryl methyl sites for hydroxylation is 2. The summed E-state index contributed by atoms with van der Waals surface area (Å²) in [6.45, 7) is 5.31. The van der Waals surface area contributed by atoms with E-state index in [1.165, 1.54) is 39.9 Å². The van der Waals surface area contributed by atoms with Crippen LogP contribution in [0, 0.1) is 13.8 Å². The molecule has 1 N–H and O–H groups in total. The third kappa shape index (κ3) is 4.01. The number of amides is 1. The maximum Gasteiger partial charge on any atom is 0.257 e. The van der Waals surface area contributed by atoms with E-state index in [2.05, 4.69) is 15.3 Å². The van der Waals surface area contributed by atoms with Crippen molar-refractivity contribution in [3.05, 3.63) is 47.2 Å². The van der Waals surface area contributed by atoms with Crippen molar-refractivity contribution in [3.8, 4) is 0 Å². The number of ether oxygens (including phenoxy) is 1. The second-order valence-electron chi connectivity index (χ2n) is 6.75. The summed E-state index contributed by atoms with van der Waals surface area (Å²) in [6, 6.07) is 7.88. The zero-order chi connectivity index (χ0) is 20.6. The lowest BCUT2D eigenvalue weighted by Crippen LogP contribution is -2.40. The van der Waals surface area contributed by atoms with E-state index < -0.39 is 10.0 Å². The van der Waals surface area contributed by atoms with E-state index in [4.69, 9.17) is 4.74 Å². The van der Waals surface area contributed by atoms with Crippen molar-refractivity contribution < 1.29 is 17.9 Å². The SMILES string of the molecule is Cc1cc(C)c2sc(NC(=O)c3ccc(S(=O)(=O)N4CCOCC4)cc3)nc2n1. The summed E-state index contributed by atoms with van der Waals surface area (Å²) in [5, 5.41) is 3.22. The molecule has 0 radical (unpaired) electrons. The molecule has 1 aliphatic rings. The van der Waals surface area contributed by atoms with Gasteiger partial charge in [0.25, 0.3) is 5.91 Å². The van der Waals surface area contributed by atoms with E-state index in [0.29, 0.717) is 42.6 Å². The standard InChI is InChI=1S/C19H20N4O4S2/c1-12-11-13(2)20-17-16(12)28-19(21-17)22-18(24)14-3-5-15(6-4-14)29(25,26)23-7-9-27-10-8-23/h3-6,11H,7-10H2,1-2H3,(H,20,21,22,24). The minimum absolute atomic E-state index is 0.159. The number of fused-ring (bicyclic) bond motifs is 1. The van der Waals surface area contributed by atoms with Gasteiger partial charge in [-0.3, -0.25) is 10.1 Å². The molecule has 0 spiro atoms. The van der Waals surface area contributed by atoms with Crippen LogP contribution in [0.3, 0.4) is 0 Å². The molecule has 1 saturated heterocycles. The zero-order valence-electron chi connectivity index (χ0n) is 16.0. The van der Waals surface area contributed by atoms with Crippen LogP contribution in [0.2, 0.25) is 0 Å². The molecule has 1 aromatic carbocycles. The number of pyridine rings is 1. The zero-order valence-corrected chi connectivity index (χ0v) is 17.6. The van der Waals surface area contributed by atoms with Gasteiger partial charge in [0.15, 0.2) is 10.8 Å². The molecule has 3 heterocycles. The van der Waals surface area contributed by atoms with E-state index in [-0.39, 0.29) is 10.8 Å². The summed E-state index contributed by atoms with van der Waals surface area (Å²) in [6.07, 6.45) is 0. The highest BCUT2D eigenvalue weighted by Crippen LogP contribution is 2.28. The fourth-order valence-corrected chi connectivity index (χ4v) is 5.44. The van der Waals surface area contributed by atoms with Crippen molar-refractivity contribution in [3.63, 3.8) is 0 Å². The van der Waals surface area contributed by atoms with Crippen LogP contribution in [0.25, 0.3) is 10.3 Å². The molecular weight excluding hydrogens is 412 g/mol. The van der Waals surface area contributed by atoms with Gasteiger partial charge in [0.2, 0.25) is 10.0 Å². The smallest absolute Gasteiger partial charge is 0.257 e. The van der Waals surface area contributed by atoms with Gasteiger partial charge in [0, 0.05) is 24.3 Å². The van der Waals surface area contributed by atoms with E-state index in [0.717, 1.165) is 16.0 Å². The average molecular weight is 433 g/mol. The first kappa shape index (κ1) is 19.9. The Labute approximate surface area is 172 Å². The Bertz CT molecular complexity index is 1170. The highest BCUT2D eigenvalue weighted by molar-refractivity contribution is 7.89. The Morgan fingerprint density at radius 3 is 2.52 bits per heavy atom. The average Bonchev–Trinajstić information content (AvgIpc) is 3.11. The van der Waals surface area contributed by atoms with Gasteiger partial charge in [-0.1, -0.05) is 11.3 Å². The van der Waals surface area contributed by atoms with E-state index in [1.54, 1.807) is 0 Å². The summed E-state index contributed by atoms with van der Waals surface area (Å²) in [4.78, 5) is 21.5. The molecule has 0 bridgehead atoms. The molecule has 29 heavy (non-hydrogen) atoms. The predicted molar refractivity (Wildman–Crippen MR) is 111 cm³/mol. The summed E-state index contributed by atoms with van der Waals surface area (Å²) >= 11 is 1.36. The van der Waals surface area contributed by atoms with Gasteiger partial charge >= 0.3 is 0 Å². The van der Waals surface area contributed by atoms with Gasteiger partial charge in [0.1, 0.15) is 0 Å². The first-order valence-electron chi connectivity index (χ1n) is 9.09. The maximum absolute atomic E-state index is 12.7. The second kappa shape index (κ2) is 7.79.